The van der Waals surface area contributed by atoms with Gasteiger partial charge in [0, 0.05) is 12.7 Å². The summed E-state index contributed by atoms with van der Waals surface area (Å²) in [5.74, 6) is 1.21. The zero-order valence-electron chi connectivity index (χ0n) is 11.4. The van der Waals surface area contributed by atoms with Crippen molar-refractivity contribution in [3.05, 3.63) is 23.9 Å². The molecule has 1 heterocycles. The predicted octanol–water partition coefficient (Wildman–Crippen LogP) is 3.41. The quantitative estimate of drug-likeness (QED) is 0.853. The molecule has 4 nitrogen and oxygen atoms in total. The first-order valence-electron chi connectivity index (χ1n) is 7.09. The van der Waals surface area contributed by atoms with E-state index in [1.807, 2.05) is 0 Å². The molecule has 1 saturated carbocycles. The molecule has 2 rings (SSSR count). The zero-order valence-corrected chi connectivity index (χ0v) is 11.4. The summed E-state index contributed by atoms with van der Waals surface area (Å²) in [4.78, 5) is 15.1. The van der Waals surface area contributed by atoms with E-state index in [1.54, 1.807) is 18.3 Å². The highest BCUT2D eigenvalue weighted by molar-refractivity contribution is 5.92. The molecule has 1 aliphatic carbocycles. The largest absolute Gasteiger partial charge is 0.478 e. The van der Waals surface area contributed by atoms with Crippen molar-refractivity contribution < 1.29 is 9.90 Å². The second-order valence-electron chi connectivity index (χ2n) is 5.55. The van der Waals surface area contributed by atoms with Crippen molar-refractivity contribution in [2.75, 3.05) is 11.9 Å². The third kappa shape index (κ3) is 3.94. The van der Waals surface area contributed by atoms with E-state index in [2.05, 4.69) is 17.2 Å². The topological polar surface area (TPSA) is 62.2 Å². The molecule has 0 spiro atoms. The van der Waals surface area contributed by atoms with Gasteiger partial charge in [0.15, 0.2) is 0 Å². The molecule has 0 aromatic carbocycles. The Hall–Kier alpha value is -1.58. The fourth-order valence-electron chi connectivity index (χ4n) is 2.73. The minimum Gasteiger partial charge on any atom is -0.478 e. The maximum Gasteiger partial charge on any atom is 0.339 e. The summed E-state index contributed by atoms with van der Waals surface area (Å²) in [7, 11) is 0. The number of carboxylic acids is 1. The Morgan fingerprint density at radius 3 is 2.84 bits per heavy atom. The van der Waals surface area contributed by atoms with Crippen LogP contribution in [0.4, 0.5) is 5.82 Å². The second kappa shape index (κ2) is 6.55. The van der Waals surface area contributed by atoms with Crippen molar-refractivity contribution in [3.63, 3.8) is 0 Å². The summed E-state index contributed by atoms with van der Waals surface area (Å²) in [5.41, 5.74) is 0.250. The van der Waals surface area contributed by atoms with Gasteiger partial charge in [-0.25, -0.2) is 9.78 Å². The van der Waals surface area contributed by atoms with Crippen molar-refractivity contribution in [2.24, 2.45) is 11.8 Å². The minimum atomic E-state index is -0.929. The number of carboxylic acid groups (broad SMARTS) is 1. The average molecular weight is 262 g/mol. The molecule has 0 radical (unpaired) electrons. The highest BCUT2D eigenvalue weighted by Gasteiger charge is 2.18. The van der Waals surface area contributed by atoms with Crippen LogP contribution < -0.4 is 5.32 Å². The molecule has 19 heavy (non-hydrogen) atoms. The first-order chi connectivity index (χ1) is 9.16. The average Bonchev–Trinajstić information content (AvgIpc) is 2.41. The van der Waals surface area contributed by atoms with Gasteiger partial charge in [-0.05, 0) is 30.4 Å². The summed E-state index contributed by atoms with van der Waals surface area (Å²) < 4.78 is 0. The van der Waals surface area contributed by atoms with Crippen molar-refractivity contribution in [3.8, 4) is 0 Å². The Balaban J connectivity index is 1.81. The summed E-state index contributed by atoms with van der Waals surface area (Å²) in [6, 6.07) is 3.23. The van der Waals surface area contributed by atoms with Crippen LogP contribution in [0.25, 0.3) is 0 Å². The van der Waals surface area contributed by atoms with Crippen LogP contribution in [0.3, 0.4) is 0 Å². The van der Waals surface area contributed by atoms with E-state index in [4.69, 9.17) is 5.11 Å². The molecular weight excluding hydrogens is 240 g/mol. The van der Waals surface area contributed by atoms with E-state index in [0.29, 0.717) is 5.82 Å². The lowest BCUT2D eigenvalue weighted by Gasteiger charge is -2.26. The molecule has 0 unspecified atom stereocenters. The van der Waals surface area contributed by atoms with Crippen LogP contribution >= 0.6 is 0 Å². The van der Waals surface area contributed by atoms with Crippen molar-refractivity contribution >= 4 is 11.8 Å². The van der Waals surface area contributed by atoms with Crippen LogP contribution in [0.5, 0.6) is 0 Å². The fourth-order valence-corrected chi connectivity index (χ4v) is 2.73. The molecule has 2 N–H and O–H groups in total. The highest BCUT2D eigenvalue weighted by Crippen LogP contribution is 2.30. The number of nitrogens with zero attached hydrogens (tertiary/aromatic N) is 1. The number of carbonyl (C=O) groups is 1. The number of nitrogens with one attached hydrogen (secondary N) is 1. The number of anilines is 1. The maximum atomic E-state index is 11.0. The molecule has 0 aliphatic heterocycles. The maximum absolute atomic E-state index is 11.0. The summed E-state index contributed by atoms with van der Waals surface area (Å²) in [5, 5.41) is 12.2. The second-order valence-corrected chi connectivity index (χ2v) is 5.55. The summed E-state index contributed by atoms with van der Waals surface area (Å²) >= 11 is 0. The van der Waals surface area contributed by atoms with E-state index in [1.165, 1.54) is 25.7 Å². The van der Waals surface area contributed by atoms with E-state index >= 15 is 0 Å². The monoisotopic (exact) mass is 262 g/mol. The molecule has 104 valence electrons. The van der Waals surface area contributed by atoms with Gasteiger partial charge in [0.25, 0.3) is 0 Å². The van der Waals surface area contributed by atoms with E-state index < -0.39 is 5.97 Å². The van der Waals surface area contributed by atoms with Crippen LogP contribution in [-0.4, -0.2) is 22.6 Å². The van der Waals surface area contributed by atoms with Gasteiger partial charge in [0.1, 0.15) is 11.4 Å². The Labute approximate surface area is 114 Å². The molecule has 1 aromatic rings. The molecular formula is C15H22N2O2. The molecule has 1 fully saturated rings. The predicted molar refractivity (Wildman–Crippen MR) is 75.4 cm³/mol. The summed E-state index contributed by atoms with van der Waals surface area (Å²) in [6.07, 6.45) is 7.98. The lowest BCUT2D eigenvalue weighted by Crippen LogP contribution is -2.17. The van der Waals surface area contributed by atoms with Crippen LogP contribution in [0.15, 0.2) is 18.3 Å². The molecule has 4 heteroatoms. The third-order valence-electron chi connectivity index (χ3n) is 4.02. The highest BCUT2D eigenvalue weighted by atomic mass is 16.4. The molecule has 1 aromatic heterocycles. The molecule has 1 aliphatic rings. The first-order valence-corrected chi connectivity index (χ1v) is 7.09. The lowest BCUT2D eigenvalue weighted by atomic mass is 9.81. The Morgan fingerprint density at radius 1 is 1.42 bits per heavy atom. The number of rotatable bonds is 5. The van der Waals surface area contributed by atoms with Crippen molar-refractivity contribution in [1.29, 1.82) is 0 Å². The van der Waals surface area contributed by atoms with E-state index in [0.717, 1.165) is 24.8 Å². The molecule has 0 amide bonds. The van der Waals surface area contributed by atoms with Crippen molar-refractivity contribution in [2.45, 2.75) is 39.0 Å². The first kappa shape index (κ1) is 13.8. The number of hydrogen-bond donors (Lipinski definition) is 2. The van der Waals surface area contributed by atoms with Crippen molar-refractivity contribution in [1.82, 2.24) is 4.98 Å². The van der Waals surface area contributed by atoms with Crippen LogP contribution in [0.2, 0.25) is 0 Å². The van der Waals surface area contributed by atoms with Crippen LogP contribution in [0.1, 0.15) is 49.4 Å². The molecule has 0 saturated heterocycles. The minimum absolute atomic E-state index is 0.250. The number of hydrogen-bond acceptors (Lipinski definition) is 3. The number of aromatic carboxylic acids is 1. The standard InChI is InChI=1S/C15H22N2O2/c1-11-4-6-12(7-5-11)8-10-17-14-13(15(18)19)3-2-9-16-14/h2-3,9,11-12H,4-8,10H2,1H3,(H,16,17)(H,18,19). The lowest BCUT2D eigenvalue weighted by molar-refractivity contribution is 0.0697. The number of pyridine rings is 1. The van der Waals surface area contributed by atoms with Gasteiger partial charge in [0.05, 0.1) is 0 Å². The molecule has 0 atom stereocenters. The van der Waals surface area contributed by atoms with Gasteiger partial charge in [-0.1, -0.05) is 32.6 Å². The van der Waals surface area contributed by atoms with Gasteiger partial charge in [0.2, 0.25) is 0 Å². The third-order valence-corrected chi connectivity index (χ3v) is 4.02. The molecule has 0 bridgehead atoms. The summed E-state index contributed by atoms with van der Waals surface area (Å²) in [6.45, 7) is 3.12. The number of aromatic nitrogens is 1. The Kier molecular flexibility index (Phi) is 4.77. The van der Waals surface area contributed by atoms with Gasteiger partial charge < -0.3 is 10.4 Å². The van der Waals surface area contributed by atoms with Crippen LogP contribution in [-0.2, 0) is 0 Å². The SMILES string of the molecule is CC1CCC(CCNc2ncccc2C(=O)O)CC1. The Morgan fingerprint density at radius 2 is 2.16 bits per heavy atom. The van der Waals surface area contributed by atoms with E-state index in [9.17, 15) is 4.79 Å². The smallest absolute Gasteiger partial charge is 0.339 e. The van der Waals surface area contributed by atoms with Gasteiger partial charge >= 0.3 is 5.97 Å². The van der Waals surface area contributed by atoms with E-state index in [-0.39, 0.29) is 5.56 Å². The van der Waals surface area contributed by atoms with Gasteiger partial charge in [-0.2, -0.15) is 0 Å². The van der Waals surface area contributed by atoms with Gasteiger partial charge in [-0.3, -0.25) is 0 Å². The normalized spacial score (nSPS) is 23.0. The zero-order chi connectivity index (χ0) is 13.7. The van der Waals surface area contributed by atoms with Gasteiger partial charge in [-0.15, -0.1) is 0 Å². The van der Waals surface area contributed by atoms with Crippen LogP contribution in [0, 0.1) is 11.8 Å². The Bertz CT molecular complexity index is 426. The fraction of sp³-hybridized carbons (Fsp3) is 0.600.